The number of ether oxygens (including phenoxy) is 2. The summed E-state index contributed by atoms with van der Waals surface area (Å²) in [6, 6.07) is 3.59. The van der Waals surface area contributed by atoms with Gasteiger partial charge >= 0.3 is 12.3 Å². The van der Waals surface area contributed by atoms with Crippen LogP contribution in [0.5, 0.6) is 11.5 Å². The van der Waals surface area contributed by atoms with Gasteiger partial charge < -0.3 is 14.8 Å². The van der Waals surface area contributed by atoms with Gasteiger partial charge in [-0.3, -0.25) is 4.79 Å². The maximum absolute atomic E-state index is 12.9. The maximum Gasteiger partial charge on any atom is 0.383 e. The Kier molecular flexibility index (Phi) is 5.40. The zero-order valence-corrected chi connectivity index (χ0v) is 11.6. The first-order valence-electron chi connectivity index (χ1n) is 5.92. The monoisotopic (exact) mass is 309 g/mol. The molecule has 0 heterocycles. The van der Waals surface area contributed by atoms with Crippen LogP contribution < -0.4 is 14.8 Å². The lowest BCUT2D eigenvalue weighted by Gasteiger charge is -2.21. The van der Waals surface area contributed by atoms with Crippen LogP contribution in [0, 0.1) is 0 Å². The third-order valence-corrected chi connectivity index (χ3v) is 2.83. The summed E-state index contributed by atoms with van der Waals surface area (Å²) in [5.41, 5.74) is 0.329. The van der Waals surface area contributed by atoms with E-state index in [-0.39, 0.29) is 0 Å². The largest absolute Gasteiger partial charge is 0.497 e. The molecule has 0 bridgehead atoms. The molecule has 4 nitrogen and oxygen atoms in total. The summed E-state index contributed by atoms with van der Waals surface area (Å²) < 4.78 is 60.1. The summed E-state index contributed by atoms with van der Waals surface area (Å²) in [5, 5.41) is 1.84. The van der Waals surface area contributed by atoms with Crippen molar-refractivity contribution >= 4 is 5.91 Å². The smallest absolute Gasteiger partial charge is 0.383 e. The molecule has 0 aliphatic heterocycles. The van der Waals surface area contributed by atoms with Gasteiger partial charge in [0, 0.05) is 5.56 Å². The van der Waals surface area contributed by atoms with E-state index in [9.17, 15) is 22.4 Å². The minimum atomic E-state index is -4.75. The Labute approximate surface area is 119 Å². The van der Waals surface area contributed by atoms with E-state index in [1.54, 1.807) is 6.07 Å². The molecule has 1 atom stereocenters. The number of nitrogens with one attached hydrogen (secondary N) is 1. The first-order valence-corrected chi connectivity index (χ1v) is 5.92. The molecule has 1 aromatic carbocycles. The fourth-order valence-corrected chi connectivity index (χ4v) is 1.65. The molecular weight excluding hydrogens is 294 g/mol. The van der Waals surface area contributed by atoms with Crippen molar-refractivity contribution in [3.8, 4) is 11.5 Å². The van der Waals surface area contributed by atoms with Crippen molar-refractivity contribution in [3.63, 3.8) is 0 Å². The van der Waals surface area contributed by atoms with Gasteiger partial charge in [-0.25, -0.2) is 8.78 Å². The highest BCUT2D eigenvalue weighted by Crippen LogP contribution is 2.30. The molecule has 1 N–H and O–H groups in total. The van der Waals surface area contributed by atoms with Crippen molar-refractivity contribution in [2.45, 2.75) is 25.3 Å². The van der Waals surface area contributed by atoms with E-state index < -0.39 is 24.3 Å². The van der Waals surface area contributed by atoms with Gasteiger partial charge in [0.2, 0.25) is 0 Å². The molecule has 0 aromatic heterocycles. The van der Waals surface area contributed by atoms with Crippen molar-refractivity contribution in [3.05, 3.63) is 23.8 Å². The highest BCUT2D eigenvalue weighted by molar-refractivity contribution is 5.84. The number of methoxy groups -OCH3 is 2. The molecule has 21 heavy (non-hydrogen) atoms. The average Bonchev–Trinajstić information content (AvgIpc) is 2.45. The topological polar surface area (TPSA) is 47.6 Å². The lowest BCUT2D eigenvalue weighted by Crippen LogP contribution is -2.46. The SMILES string of the molecule is COc1ccc(OC)c(C(C)NC(=O)C(F)(F)C(F)F)c1. The van der Waals surface area contributed by atoms with Crippen LogP contribution in [0.15, 0.2) is 18.2 Å². The average molecular weight is 309 g/mol. The normalized spacial score (nSPS) is 13.0. The first-order chi connectivity index (χ1) is 9.73. The molecular formula is C13H15F4NO3. The van der Waals surface area contributed by atoms with Crippen molar-refractivity contribution < 1.29 is 31.8 Å². The maximum atomic E-state index is 12.9. The molecule has 0 fully saturated rings. The summed E-state index contributed by atoms with van der Waals surface area (Å²) in [6.07, 6.45) is -4.07. The van der Waals surface area contributed by atoms with Crippen LogP contribution >= 0.6 is 0 Å². The van der Waals surface area contributed by atoms with Gasteiger partial charge in [-0.1, -0.05) is 0 Å². The third kappa shape index (κ3) is 3.77. The van der Waals surface area contributed by atoms with E-state index in [1.807, 2.05) is 5.32 Å². The fraction of sp³-hybridized carbons (Fsp3) is 0.462. The molecule has 1 amide bonds. The molecule has 1 aromatic rings. The molecule has 0 aliphatic rings. The van der Waals surface area contributed by atoms with Gasteiger partial charge in [-0.2, -0.15) is 8.78 Å². The summed E-state index contributed by atoms with van der Waals surface area (Å²) in [5.74, 6) is -6.08. The van der Waals surface area contributed by atoms with Crippen LogP contribution in [0.1, 0.15) is 18.5 Å². The number of halogens is 4. The van der Waals surface area contributed by atoms with Crippen LogP contribution in [-0.2, 0) is 4.79 Å². The van der Waals surface area contributed by atoms with Crippen LogP contribution in [0.3, 0.4) is 0 Å². The molecule has 0 radical (unpaired) electrons. The van der Waals surface area contributed by atoms with E-state index >= 15 is 0 Å². The van der Waals surface area contributed by atoms with Gasteiger partial charge in [-0.05, 0) is 25.1 Å². The molecule has 0 saturated carbocycles. The van der Waals surface area contributed by atoms with Gasteiger partial charge in [0.05, 0.1) is 20.3 Å². The Morgan fingerprint density at radius 2 is 1.86 bits per heavy atom. The highest BCUT2D eigenvalue weighted by Gasteiger charge is 2.49. The van der Waals surface area contributed by atoms with Crippen molar-refractivity contribution in [1.82, 2.24) is 5.32 Å². The minimum Gasteiger partial charge on any atom is -0.497 e. The second kappa shape index (κ2) is 6.64. The number of alkyl halides is 4. The number of rotatable bonds is 6. The standard InChI is InChI=1S/C13H15F4NO3/c1-7(18-12(19)13(16,17)11(14)15)9-6-8(20-2)4-5-10(9)21-3/h4-7,11H,1-3H3,(H,18,19). The van der Waals surface area contributed by atoms with Crippen molar-refractivity contribution in [2.24, 2.45) is 0 Å². The quantitative estimate of drug-likeness (QED) is 0.822. The van der Waals surface area contributed by atoms with E-state index in [2.05, 4.69) is 0 Å². The number of hydrogen-bond donors (Lipinski definition) is 1. The number of carbonyl (C=O) groups excluding carboxylic acids is 1. The Bertz CT molecular complexity index is 508. The molecule has 0 saturated heterocycles. The van der Waals surface area contributed by atoms with Crippen LogP contribution in [0.2, 0.25) is 0 Å². The molecule has 0 spiro atoms. The van der Waals surface area contributed by atoms with Crippen molar-refractivity contribution in [2.75, 3.05) is 14.2 Å². The van der Waals surface area contributed by atoms with Crippen LogP contribution in [0.25, 0.3) is 0 Å². The van der Waals surface area contributed by atoms with E-state index in [1.165, 1.54) is 33.3 Å². The Morgan fingerprint density at radius 3 is 2.33 bits per heavy atom. The van der Waals surface area contributed by atoms with Gasteiger partial charge in [0.15, 0.2) is 0 Å². The number of benzene rings is 1. The number of carbonyl (C=O) groups is 1. The lowest BCUT2D eigenvalue weighted by molar-refractivity contribution is -0.170. The van der Waals surface area contributed by atoms with Crippen LogP contribution in [0.4, 0.5) is 17.6 Å². The van der Waals surface area contributed by atoms with E-state index in [4.69, 9.17) is 9.47 Å². The summed E-state index contributed by atoms with van der Waals surface area (Å²) in [7, 11) is 2.76. The predicted molar refractivity (Wildman–Crippen MR) is 67.1 cm³/mol. The minimum absolute atomic E-state index is 0.309. The zero-order valence-electron chi connectivity index (χ0n) is 11.6. The van der Waals surface area contributed by atoms with E-state index in [0.717, 1.165) is 0 Å². The van der Waals surface area contributed by atoms with Gasteiger partial charge in [-0.15, -0.1) is 0 Å². The summed E-state index contributed by atoms with van der Waals surface area (Å²) in [6.45, 7) is 1.37. The lowest BCUT2D eigenvalue weighted by atomic mass is 10.1. The Hall–Kier alpha value is -1.99. The predicted octanol–water partition coefficient (Wildman–Crippen LogP) is 2.78. The second-order valence-corrected chi connectivity index (χ2v) is 4.23. The molecule has 1 rings (SSSR count). The van der Waals surface area contributed by atoms with Crippen LogP contribution in [-0.4, -0.2) is 32.5 Å². The summed E-state index contributed by atoms with van der Waals surface area (Å²) in [4.78, 5) is 11.2. The fourth-order valence-electron chi connectivity index (χ4n) is 1.65. The van der Waals surface area contributed by atoms with Gasteiger partial charge in [0.25, 0.3) is 5.91 Å². The second-order valence-electron chi connectivity index (χ2n) is 4.23. The van der Waals surface area contributed by atoms with E-state index in [0.29, 0.717) is 17.1 Å². The first kappa shape index (κ1) is 17.1. The molecule has 118 valence electrons. The number of hydrogen-bond acceptors (Lipinski definition) is 3. The highest BCUT2D eigenvalue weighted by atomic mass is 19.3. The zero-order chi connectivity index (χ0) is 16.2. The molecule has 8 heteroatoms. The van der Waals surface area contributed by atoms with Crippen molar-refractivity contribution in [1.29, 1.82) is 0 Å². The Morgan fingerprint density at radius 1 is 1.24 bits per heavy atom. The molecule has 1 unspecified atom stereocenters. The third-order valence-electron chi connectivity index (χ3n) is 2.83. The summed E-state index contributed by atoms with van der Waals surface area (Å²) >= 11 is 0. The number of amides is 1. The Balaban J connectivity index is 2.98. The molecule has 0 aliphatic carbocycles. The van der Waals surface area contributed by atoms with Gasteiger partial charge in [0.1, 0.15) is 11.5 Å².